The number of hydrogen-bond acceptors (Lipinski definition) is 3. The highest BCUT2D eigenvalue weighted by atomic mass is 32.2. The monoisotopic (exact) mass is 304 g/mol. The van der Waals surface area contributed by atoms with Crippen LogP contribution in [0.4, 0.5) is 19.3 Å². The lowest BCUT2D eigenvalue weighted by molar-refractivity contribution is 0.204. The number of aliphatic hydroxyl groups excluding tert-OH is 1. The van der Waals surface area contributed by atoms with E-state index >= 15 is 0 Å². The molecule has 0 saturated carbocycles. The van der Waals surface area contributed by atoms with Gasteiger partial charge in [-0.1, -0.05) is 30.8 Å². The molecule has 0 aromatic heterocycles. The Bertz CT molecular complexity index is 446. The Balaban J connectivity index is 2.66. The molecular formula is C13H18F2N2O2S. The molecule has 0 spiro atoms. The molecule has 2 unspecified atom stereocenters. The van der Waals surface area contributed by atoms with Crippen molar-refractivity contribution in [3.05, 3.63) is 24.3 Å². The van der Waals surface area contributed by atoms with E-state index in [-0.39, 0.29) is 18.6 Å². The summed E-state index contributed by atoms with van der Waals surface area (Å²) in [5, 5.41) is 14.2. The molecule has 0 radical (unpaired) electrons. The molecule has 1 aromatic rings. The summed E-state index contributed by atoms with van der Waals surface area (Å²) in [6.07, 6.45) is 0. The largest absolute Gasteiger partial charge is 0.396 e. The lowest BCUT2D eigenvalue weighted by Crippen LogP contribution is -2.40. The van der Waals surface area contributed by atoms with E-state index in [0.29, 0.717) is 22.3 Å². The van der Waals surface area contributed by atoms with Crippen molar-refractivity contribution in [1.29, 1.82) is 0 Å². The topological polar surface area (TPSA) is 61.4 Å². The van der Waals surface area contributed by atoms with Crippen molar-refractivity contribution in [2.75, 3.05) is 11.9 Å². The Hall–Kier alpha value is -1.34. The van der Waals surface area contributed by atoms with Crippen LogP contribution < -0.4 is 10.6 Å². The van der Waals surface area contributed by atoms with Crippen molar-refractivity contribution in [3.63, 3.8) is 0 Å². The second-order valence-corrected chi connectivity index (χ2v) is 5.45. The smallest absolute Gasteiger partial charge is 0.319 e. The maximum atomic E-state index is 12.4. The fourth-order valence-corrected chi connectivity index (χ4v) is 2.03. The first-order valence-electron chi connectivity index (χ1n) is 6.16. The molecule has 0 aliphatic heterocycles. The molecule has 20 heavy (non-hydrogen) atoms. The van der Waals surface area contributed by atoms with Crippen molar-refractivity contribution in [2.24, 2.45) is 5.92 Å². The number of aliphatic hydroxyl groups is 1. The highest BCUT2D eigenvalue weighted by Crippen LogP contribution is 2.31. The maximum absolute atomic E-state index is 12.4. The summed E-state index contributed by atoms with van der Waals surface area (Å²) >= 11 is 0.381. The number of thioether (sulfide) groups is 1. The minimum atomic E-state index is -2.55. The molecule has 1 rings (SSSR count). The maximum Gasteiger partial charge on any atom is 0.319 e. The van der Waals surface area contributed by atoms with E-state index in [1.807, 2.05) is 0 Å². The molecular weight excluding hydrogens is 286 g/mol. The molecule has 0 aliphatic rings. The van der Waals surface area contributed by atoms with Crippen molar-refractivity contribution in [2.45, 2.75) is 30.5 Å². The van der Waals surface area contributed by atoms with Crippen LogP contribution in [0, 0.1) is 5.92 Å². The predicted octanol–water partition coefficient (Wildman–Crippen LogP) is 3.14. The number of alkyl halides is 2. The molecule has 0 saturated heterocycles. The van der Waals surface area contributed by atoms with Gasteiger partial charge in [0, 0.05) is 17.5 Å². The van der Waals surface area contributed by atoms with Crippen LogP contribution in [0.2, 0.25) is 0 Å². The Morgan fingerprint density at radius 1 is 1.35 bits per heavy atom. The summed E-state index contributed by atoms with van der Waals surface area (Å²) < 4.78 is 24.8. The number of para-hydroxylation sites is 1. The summed E-state index contributed by atoms with van der Waals surface area (Å²) in [4.78, 5) is 12.1. The average molecular weight is 304 g/mol. The number of halogens is 2. The Morgan fingerprint density at radius 3 is 2.60 bits per heavy atom. The average Bonchev–Trinajstić information content (AvgIpc) is 2.39. The Kier molecular flexibility index (Phi) is 6.74. The van der Waals surface area contributed by atoms with E-state index in [0.717, 1.165) is 0 Å². The van der Waals surface area contributed by atoms with E-state index in [1.165, 1.54) is 6.07 Å². The van der Waals surface area contributed by atoms with Crippen LogP contribution in [0.3, 0.4) is 0 Å². The van der Waals surface area contributed by atoms with Crippen molar-refractivity contribution >= 4 is 23.5 Å². The lowest BCUT2D eigenvalue weighted by Gasteiger charge is -2.20. The minimum Gasteiger partial charge on any atom is -0.396 e. The summed E-state index contributed by atoms with van der Waals surface area (Å²) in [5.74, 6) is -2.64. The minimum absolute atomic E-state index is 0.0424. The quantitative estimate of drug-likeness (QED) is 0.708. The van der Waals surface area contributed by atoms with Gasteiger partial charge in [-0.15, -0.1) is 0 Å². The third kappa shape index (κ3) is 5.34. The first kappa shape index (κ1) is 16.7. The van der Waals surface area contributed by atoms with Crippen LogP contribution >= 0.6 is 11.8 Å². The summed E-state index contributed by atoms with van der Waals surface area (Å²) in [6.45, 7) is 3.52. The second kappa shape index (κ2) is 8.06. The van der Waals surface area contributed by atoms with E-state index in [9.17, 15) is 13.6 Å². The molecule has 4 nitrogen and oxygen atoms in total. The third-order valence-electron chi connectivity index (χ3n) is 2.85. The van der Waals surface area contributed by atoms with Gasteiger partial charge in [-0.3, -0.25) is 0 Å². The van der Waals surface area contributed by atoms with Gasteiger partial charge >= 0.3 is 6.03 Å². The summed E-state index contributed by atoms with van der Waals surface area (Å²) in [7, 11) is 0. The second-order valence-electron chi connectivity index (χ2n) is 4.42. The van der Waals surface area contributed by atoms with Gasteiger partial charge in [0.2, 0.25) is 0 Å². The molecule has 0 aliphatic carbocycles. The van der Waals surface area contributed by atoms with E-state index in [1.54, 1.807) is 32.0 Å². The van der Waals surface area contributed by atoms with Gasteiger partial charge < -0.3 is 15.7 Å². The molecule has 0 fully saturated rings. The molecule has 7 heteroatoms. The number of carbonyl (C=O) groups excluding carboxylic acids is 1. The highest BCUT2D eigenvalue weighted by molar-refractivity contribution is 7.99. The molecule has 3 N–H and O–H groups in total. The zero-order valence-electron chi connectivity index (χ0n) is 11.3. The number of carbonyl (C=O) groups is 1. The normalized spacial score (nSPS) is 13.9. The van der Waals surface area contributed by atoms with Crippen LogP contribution in [0.5, 0.6) is 0 Å². The van der Waals surface area contributed by atoms with Crippen LogP contribution in [0.1, 0.15) is 13.8 Å². The molecule has 1 aromatic carbocycles. The lowest BCUT2D eigenvalue weighted by atomic mass is 10.1. The SMILES string of the molecule is CC(CO)C(C)NC(=O)Nc1ccccc1SC(F)F. The van der Waals surface area contributed by atoms with Crippen LogP contribution in [-0.2, 0) is 0 Å². The van der Waals surface area contributed by atoms with Gasteiger partial charge in [0.25, 0.3) is 5.76 Å². The van der Waals surface area contributed by atoms with Crippen LogP contribution in [0.15, 0.2) is 29.2 Å². The van der Waals surface area contributed by atoms with Crippen molar-refractivity contribution in [3.8, 4) is 0 Å². The number of benzene rings is 1. The van der Waals surface area contributed by atoms with Gasteiger partial charge in [0.05, 0.1) is 5.69 Å². The van der Waals surface area contributed by atoms with Gasteiger partial charge in [-0.05, 0) is 25.0 Å². The number of anilines is 1. The van der Waals surface area contributed by atoms with Gasteiger partial charge in [0.15, 0.2) is 0 Å². The van der Waals surface area contributed by atoms with E-state index < -0.39 is 11.8 Å². The molecule has 0 heterocycles. The van der Waals surface area contributed by atoms with E-state index in [2.05, 4.69) is 10.6 Å². The number of nitrogens with one attached hydrogen (secondary N) is 2. The molecule has 2 atom stereocenters. The standard InChI is InChI=1S/C13H18F2N2O2S/c1-8(7-18)9(2)16-13(19)17-10-5-3-4-6-11(10)20-12(14)15/h3-6,8-9,12,18H,7H2,1-2H3,(H2,16,17,19). The number of urea groups is 1. The molecule has 112 valence electrons. The van der Waals surface area contributed by atoms with Gasteiger partial charge in [0.1, 0.15) is 0 Å². The zero-order valence-corrected chi connectivity index (χ0v) is 12.1. The third-order valence-corrected chi connectivity index (χ3v) is 3.64. The van der Waals surface area contributed by atoms with Gasteiger partial charge in [-0.25, -0.2) is 4.79 Å². The van der Waals surface area contributed by atoms with E-state index in [4.69, 9.17) is 5.11 Å². The summed E-state index contributed by atoms with van der Waals surface area (Å²) in [6, 6.07) is 5.65. The number of rotatable bonds is 6. The van der Waals surface area contributed by atoms with Crippen molar-refractivity contribution in [1.82, 2.24) is 5.32 Å². The fraction of sp³-hybridized carbons (Fsp3) is 0.462. The molecule has 2 amide bonds. The highest BCUT2D eigenvalue weighted by Gasteiger charge is 2.15. The number of hydrogen-bond donors (Lipinski definition) is 3. The fourth-order valence-electron chi connectivity index (χ4n) is 1.43. The predicted molar refractivity (Wildman–Crippen MR) is 76.2 cm³/mol. The first-order chi connectivity index (χ1) is 9.43. The summed E-state index contributed by atoms with van der Waals surface area (Å²) in [5.41, 5.74) is 0.333. The van der Waals surface area contributed by atoms with Crippen LogP contribution in [0.25, 0.3) is 0 Å². The Morgan fingerprint density at radius 2 is 2.00 bits per heavy atom. The van der Waals surface area contributed by atoms with Crippen LogP contribution in [-0.4, -0.2) is 29.5 Å². The van der Waals surface area contributed by atoms with Gasteiger partial charge in [-0.2, -0.15) is 8.78 Å². The zero-order chi connectivity index (χ0) is 15.1. The first-order valence-corrected chi connectivity index (χ1v) is 7.04. The number of amides is 2. The molecule has 0 bridgehead atoms. The Labute approximate surface area is 120 Å². The van der Waals surface area contributed by atoms with Crippen molar-refractivity contribution < 1.29 is 18.7 Å².